The molecule has 0 saturated heterocycles. The van der Waals surface area contributed by atoms with Crippen LogP contribution in [0.5, 0.6) is 0 Å². The van der Waals surface area contributed by atoms with Crippen molar-refractivity contribution in [1.82, 2.24) is 15.0 Å². The number of pyridine rings is 3. The molecule has 0 radical (unpaired) electrons. The maximum Gasteiger partial charge on any atom is 0.224 e. The lowest BCUT2D eigenvalue weighted by Crippen LogP contribution is -2.10. The molecule has 0 aliphatic rings. The third-order valence-electron chi connectivity index (χ3n) is 3.66. The second-order valence-corrected chi connectivity index (χ2v) is 7.75. The van der Waals surface area contributed by atoms with Gasteiger partial charge in [-0.25, -0.2) is 14.4 Å². The van der Waals surface area contributed by atoms with Gasteiger partial charge in [0.15, 0.2) is 5.82 Å². The summed E-state index contributed by atoms with van der Waals surface area (Å²) in [7, 11) is -1.26. The Labute approximate surface area is 167 Å². The summed E-state index contributed by atoms with van der Waals surface area (Å²) >= 11 is 12.4. The molecule has 0 bridgehead atoms. The Bertz CT molecular complexity index is 967. The first-order valence-electron chi connectivity index (χ1n) is 8.30. The summed E-state index contributed by atoms with van der Waals surface area (Å²) in [6.07, 6.45) is 1.54. The van der Waals surface area contributed by atoms with Crippen molar-refractivity contribution in [3.05, 3.63) is 46.0 Å². The van der Waals surface area contributed by atoms with Crippen LogP contribution in [-0.4, -0.2) is 28.2 Å². The van der Waals surface area contributed by atoms with E-state index < -0.39 is 14.2 Å². The maximum atomic E-state index is 14.6. The Morgan fingerprint density at radius 1 is 1.07 bits per heavy atom. The van der Waals surface area contributed by atoms with Crippen molar-refractivity contribution in [2.45, 2.75) is 20.8 Å². The Hall–Kier alpha value is -1.43. The minimum atomic E-state index is -1.26. The minimum absolute atomic E-state index is 0.127. The van der Waals surface area contributed by atoms with Gasteiger partial charge in [0.05, 0.1) is 34.5 Å². The molecule has 0 atom stereocenters. The molecule has 3 aromatic heterocycles. The van der Waals surface area contributed by atoms with Crippen LogP contribution in [0.4, 0.5) is 4.39 Å². The molecule has 0 spiro atoms. The van der Waals surface area contributed by atoms with Crippen LogP contribution in [0.25, 0.3) is 22.3 Å². The Balaban J connectivity index is 2.03. The third-order valence-corrected chi connectivity index (χ3v) is 6.21. The molecular weight excluding hydrogens is 411 g/mol. The lowest BCUT2D eigenvalue weighted by molar-refractivity contribution is 0.277. The van der Waals surface area contributed by atoms with Gasteiger partial charge in [-0.05, 0) is 32.9 Å². The summed E-state index contributed by atoms with van der Waals surface area (Å²) in [6.45, 7) is 6.52. The number of rotatable bonds is 6. The molecule has 0 fully saturated rings. The smallest absolute Gasteiger partial charge is 0.224 e. The van der Waals surface area contributed by atoms with Crippen LogP contribution in [0.1, 0.15) is 19.5 Å². The summed E-state index contributed by atoms with van der Waals surface area (Å²) in [5.41, 5.74) is 2.52. The highest BCUT2D eigenvalue weighted by molar-refractivity contribution is 7.55. The molecule has 0 unspecified atom stereocenters. The molecule has 3 heterocycles. The van der Waals surface area contributed by atoms with Gasteiger partial charge in [-0.2, -0.15) is 0 Å². The lowest BCUT2D eigenvalue weighted by Gasteiger charge is -2.15. The number of fused-ring (bicyclic) bond motifs is 1. The Morgan fingerprint density at radius 3 is 2.37 bits per heavy atom. The molecule has 0 aliphatic heterocycles. The molecule has 5 nitrogen and oxygen atoms in total. The lowest BCUT2D eigenvalue weighted by atomic mass is 10.1. The fourth-order valence-corrected chi connectivity index (χ4v) is 4.02. The molecular formula is C18H17Cl2FN3O2P. The van der Waals surface area contributed by atoms with Gasteiger partial charge in [0.1, 0.15) is 16.6 Å². The van der Waals surface area contributed by atoms with E-state index in [-0.39, 0.29) is 10.7 Å². The van der Waals surface area contributed by atoms with Gasteiger partial charge in [-0.1, -0.05) is 23.2 Å². The molecule has 0 N–H and O–H groups in total. The highest BCUT2D eigenvalue weighted by Gasteiger charge is 2.18. The van der Waals surface area contributed by atoms with E-state index in [4.69, 9.17) is 32.2 Å². The highest BCUT2D eigenvalue weighted by Crippen LogP contribution is 2.37. The van der Waals surface area contributed by atoms with Gasteiger partial charge in [0.25, 0.3) is 0 Å². The first-order chi connectivity index (χ1) is 13.0. The van der Waals surface area contributed by atoms with Crippen LogP contribution in [0.15, 0.2) is 24.4 Å². The van der Waals surface area contributed by atoms with Crippen LogP contribution in [0.2, 0.25) is 10.0 Å². The van der Waals surface area contributed by atoms with Crippen molar-refractivity contribution >= 4 is 48.0 Å². The second kappa shape index (κ2) is 8.72. The monoisotopic (exact) mass is 427 g/mol. The molecule has 0 amide bonds. The normalized spacial score (nSPS) is 11.5. The predicted octanol–water partition coefficient (Wildman–Crippen LogP) is 5.46. The van der Waals surface area contributed by atoms with Gasteiger partial charge in [0, 0.05) is 17.8 Å². The average molecular weight is 428 g/mol. The van der Waals surface area contributed by atoms with Crippen LogP contribution in [0.3, 0.4) is 0 Å². The van der Waals surface area contributed by atoms with E-state index in [0.29, 0.717) is 46.0 Å². The predicted molar refractivity (Wildman–Crippen MR) is 107 cm³/mol. The van der Waals surface area contributed by atoms with E-state index in [1.54, 1.807) is 19.1 Å². The highest BCUT2D eigenvalue weighted by atomic mass is 35.5. The van der Waals surface area contributed by atoms with Gasteiger partial charge in [0.2, 0.25) is 8.38 Å². The van der Waals surface area contributed by atoms with Crippen molar-refractivity contribution in [3.8, 4) is 11.3 Å². The molecule has 9 heteroatoms. The largest absolute Gasteiger partial charge is 0.330 e. The second-order valence-electron chi connectivity index (χ2n) is 5.51. The molecule has 3 rings (SSSR count). The molecule has 0 aromatic carbocycles. The Morgan fingerprint density at radius 2 is 1.78 bits per heavy atom. The quantitative estimate of drug-likeness (QED) is 0.489. The van der Waals surface area contributed by atoms with Gasteiger partial charge >= 0.3 is 0 Å². The average Bonchev–Trinajstić information content (AvgIpc) is 2.66. The van der Waals surface area contributed by atoms with E-state index in [2.05, 4.69) is 15.0 Å². The van der Waals surface area contributed by atoms with E-state index in [9.17, 15) is 4.39 Å². The van der Waals surface area contributed by atoms with Crippen LogP contribution in [0, 0.1) is 12.7 Å². The number of nitrogens with zero attached hydrogens (tertiary/aromatic N) is 3. The maximum absolute atomic E-state index is 14.6. The fraction of sp³-hybridized carbons (Fsp3) is 0.278. The number of halogens is 3. The molecule has 27 heavy (non-hydrogen) atoms. The summed E-state index contributed by atoms with van der Waals surface area (Å²) < 4.78 is 25.8. The standard InChI is InChI=1S/C18H17Cl2FN3O2P/c1-4-25-27(26-5-2)14-7-6-11(9-22-14)17-12(21)8-13-18(24-17)16(20)15(19)10(3)23-13/h6-9H,4-5H2,1-3H3. The molecule has 3 aromatic rings. The van der Waals surface area contributed by atoms with E-state index >= 15 is 0 Å². The number of hydrogen-bond donors (Lipinski definition) is 0. The van der Waals surface area contributed by atoms with Gasteiger partial charge in [-0.3, -0.25) is 4.98 Å². The zero-order valence-corrected chi connectivity index (χ0v) is 17.4. The van der Waals surface area contributed by atoms with Crippen molar-refractivity contribution in [3.63, 3.8) is 0 Å². The number of hydrogen-bond acceptors (Lipinski definition) is 5. The first-order valence-corrected chi connectivity index (χ1v) is 10.2. The SMILES string of the molecule is CCOP(OCC)c1ccc(-c2nc3c(Cl)c(Cl)c(C)nc3cc2F)cn1. The fourth-order valence-electron chi connectivity index (χ4n) is 2.46. The van der Waals surface area contributed by atoms with Crippen LogP contribution < -0.4 is 5.44 Å². The van der Waals surface area contributed by atoms with Crippen molar-refractivity contribution in [2.24, 2.45) is 0 Å². The third kappa shape index (κ3) is 4.20. The summed E-state index contributed by atoms with van der Waals surface area (Å²) in [5.74, 6) is -0.515. The van der Waals surface area contributed by atoms with Gasteiger partial charge < -0.3 is 9.05 Å². The minimum Gasteiger partial charge on any atom is -0.330 e. The number of aromatic nitrogens is 3. The van der Waals surface area contributed by atoms with Gasteiger partial charge in [-0.15, -0.1) is 0 Å². The van der Waals surface area contributed by atoms with Crippen molar-refractivity contribution in [2.75, 3.05) is 13.2 Å². The van der Waals surface area contributed by atoms with E-state index in [0.717, 1.165) is 0 Å². The summed E-state index contributed by atoms with van der Waals surface area (Å²) in [6, 6.07) is 4.78. The topological polar surface area (TPSA) is 57.1 Å². The molecule has 142 valence electrons. The summed E-state index contributed by atoms with van der Waals surface area (Å²) in [5, 5.41) is 0.558. The zero-order chi connectivity index (χ0) is 19.6. The zero-order valence-electron chi connectivity index (χ0n) is 15.0. The molecule has 0 saturated carbocycles. The van der Waals surface area contributed by atoms with Crippen LogP contribution in [-0.2, 0) is 9.05 Å². The first kappa shape index (κ1) is 20.3. The number of aryl methyl sites for hydroxylation is 1. The summed E-state index contributed by atoms with van der Waals surface area (Å²) in [4.78, 5) is 13.0. The van der Waals surface area contributed by atoms with E-state index in [1.807, 2.05) is 13.8 Å². The Kier molecular flexibility index (Phi) is 6.56. The van der Waals surface area contributed by atoms with Crippen molar-refractivity contribution in [1.29, 1.82) is 0 Å². The van der Waals surface area contributed by atoms with Crippen molar-refractivity contribution < 1.29 is 13.4 Å². The van der Waals surface area contributed by atoms with E-state index in [1.165, 1.54) is 12.3 Å². The molecule has 0 aliphatic carbocycles. The van der Waals surface area contributed by atoms with Crippen LogP contribution >= 0.6 is 31.6 Å².